The quantitative estimate of drug-likeness (QED) is 0.812. The summed E-state index contributed by atoms with van der Waals surface area (Å²) < 4.78 is 10.4. The van der Waals surface area contributed by atoms with Gasteiger partial charge in [0.1, 0.15) is 5.75 Å². The first-order valence-corrected chi connectivity index (χ1v) is 7.78. The second kappa shape index (κ2) is 7.99. The predicted molar refractivity (Wildman–Crippen MR) is 91.6 cm³/mol. The van der Waals surface area contributed by atoms with Crippen molar-refractivity contribution in [3.8, 4) is 16.9 Å². The molecular weight excluding hydrogens is 314 g/mol. The standard InChI is InChI=1S/C18H20ClNO3/c1-3-23-18(21)11-16(20)13-7-8-17(22-2)15(10-13)12-5-4-6-14(19)9-12/h4-10,16H,3,11,20H2,1-2H3/t16-/m0/s1. The lowest BCUT2D eigenvalue weighted by Gasteiger charge is -2.15. The van der Waals surface area contributed by atoms with Crippen LogP contribution in [-0.4, -0.2) is 19.7 Å². The van der Waals surface area contributed by atoms with Crippen molar-refractivity contribution in [1.29, 1.82) is 0 Å². The van der Waals surface area contributed by atoms with E-state index >= 15 is 0 Å². The SMILES string of the molecule is CCOC(=O)C[C@H](N)c1ccc(OC)c(-c2cccc(Cl)c2)c1. The van der Waals surface area contributed by atoms with E-state index in [1.807, 2.05) is 42.5 Å². The molecule has 5 heteroatoms. The molecule has 0 aliphatic rings. The van der Waals surface area contributed by atoms with E-state index in [1.165, 1.54) is 0 Å². The third kappa shape index (κ3) is 4.47. The number of esters is 1. The average molecular weight is 334 g/mol. The van der Waals surface area contributed by atoms with Crippen molar-refractivity contribution in [2.75, 3.05) is 13.7 Å². The van der Waals surface area contributed by atoms with Gasteiger partial charge in [0.15, 0.2) is 0 Å². The van der Waals surface area contributed by atoms with E-state index in [9.17, 15) is 4.79 Å². The molecule has 2 aromatic rings. The minimum atomic E-state index is -0.433. The van der Waals surface area contributed by atoms with Crippen LogP contribution in [0.5, 0.6) is 5.75 Å². The first-order chi connectivity index (χ1) is 11.0. The number of halogens is 1. The van der Waals surface area contributed by atoms with E-state index in [0.717, 1.165) is 22.4 Å². The van der Waals surface area contributed by atoms with Gasteiger partial charge >= 0.3 is 5.97 Å². The van der Waals surface area contributed by atoms with Crippen LogP contribution in [0, 0.1) is 0 Å². The highest BCUT2D eigenvalue weighted by Gasteiger charge is 2.15. The van der Waals surface area contributed by atoms with Crippen molar-refractivity contribution in [1.82, 2.24) is 0 Å². The molecule has 0 aliphatic heterocycles. The summed E-state index contributed by atoms with van der Waals surface area (Å²) in [6.45, 7) is 2.12. The maximum atomic E-state index is 11.6. The minimum absolute atomic E-state index is 0.134. The predicted octanol–water partition coefficient (Wildman–Crippen LogP) is 3.97. The molecule has 4 nitrogen and oxygen atoms in total. The van der Waals surface area contributed by atoms with Gasteiger partial charge in [-0.2, -0.15) is 0 Å². The topological polar surface area (TPSA) is 61.5 Å². The Hall–Kier alpha value is -2.04. The maximum Gasteiger partial charge on any atom is 0.307 e. The Bertz CT molecular complexity index is 688. The van der Waals surface area contributed by atoms with Gasteiger partial charge < -0.3 is 15.2 Å². The Labute approximate surface area is 141 Å². The molecule has 0 aromatic heterocycles. The van der Waals surface area contributed by atoms with Crippen LogP contribution in [0.3, 0.4) is 0 Å². The third-order valence-corrected chi connectivity index (χ3v) is 3.71. The van der Waals surface area contributed by atoms with Crippen LogP contribution in [0.1, 0.15) is 24.9 Å². The molecule has 23 heavy (non-hydrogen) atoms. The summed E-state index contributed by atoms with van der Waals surface area (Å²) in [6, 6.07) is 12.7. The molecule has 0 unspecified atom stereocenters. The van der Waals surface area contributed by atoms with E-state index in [1.54, 1.807) is 14.0 Å². The second-order valence-corrected chi connectivity index (χ2v) is 5.52. The number of carbonyl (C=O) groups excluding carboxylic acids is 1. The molecule has 122 valence electrons. The normalized spacial score (nSPS) is 11.8. The molecule has 2 N–H and O–H groups in total. The average Bonchev–Trinajstić information content (AvgIpc) is 2.54. The van der Waals surface area contributed by atoms with Crippen LogP contribution in [0.25, 0.3) is 11.1 Å². The number of hydrogen-bond donors (Lipinski definition) is 1. The zero-order valence-corrected chi connectivity index (χ0v) is 14.0. The van der Waals surface area contributed by atoms with Gasteiger partial charge in [0, 0.05) is 16.6 Å². The summed E-state index contributed by atoms with van der Waals surface area (Å²) in [5.41, 5.74) is 8.78. The van der Waals surface area contributed by atoms with Gasteiger partial charge in [-0.1, -0.05) is 29.8 Å². The Morgan fingerprint density at radius 2 is 2.04 bits per heavy atom. The first-order valence-electron chi connectivity index (χ1n) is 7.40. The Morgan fingerprint density at radius 1 is 1.26 bits per heavy atom. The van der Waals surface area contributed by atoms with Crippen molar-refractivity contribution >= 4 is 17.6 Å². The zero-order valence-electron chi connectivity index (χ0n) is 13.2. The summed E-state index contributed by atoms with van der Waals surface area (Å²) in [5, 5.41) is 0.644. The van der Waals surface area contributed by atoms with Crippen LogP contribution < -0.4 is 10.5 Å². The van der Waals surface area contributed by atoms with Crippen LogP contribution in [-0.2, 0) is 9.53 Å². The molecule has 0 radical (unpaired) electrons. The molecule has 0 bridgehead atoms. The number of ether oxygens (including phenoxy) is 2. The molecule has 2 rings (SSSR count). The molecular formula is C18H20ClNO3. The van der Waals surface area contributed by atoms with Crippen LogP contribution in [0.4, 0.5) is 0 Å². The molecule has 1 atom stereocenters. The lowest BCUT2D eigenvalue weighted by molar-refractivity contribution is -0.143. The number of hydrogen-bond acceptors (Lipinski definition) is 4. The summed E-state index contributed by atoms with van der Waals surface area (Å²) in [4.78, 5) is 11.6. The maximum absolute atomic E-state index is 11.6. The number of methoxy groups -OCH3 is 1. The van der Waals surface area contributed by atoms with Gasteiger partial charge in [-0.25, -0.2) is 0 Å². The molecule has 0 saturated heterocycles. The summed E-state index contributed by atoms with van der Waals surface area (Å²) in [6.07, 6.45) is 0.134. The molecule has 0 heterocycles. The Kier molecular flexibility index (Phi) is 6.02. The first kappa shape index (κ1) is 17.3. The van der Waals surface area contributed by atoms with Gasteiger partial charge in [0.25, 0.3) is 0 Å². The minimum Gasteiger partial charge on any atom is -0.496 e. The van der Waals surface area contributed by atoms with Crippen molar-refractivity contribution in [2.45, 2.75) is 19.4 Å². The third-order valence-electron chi connectivity index (χ3n) is 3.48. The Balaban J connectivity index is 2.33. The smallest absolute Gasteiger partial charge is 0.307 e. The fourth-order valence-electron chi connectivity index (χ4n) is 2.36. The van der Waals surface area contributed by atoms with Gasteiger partial charge in [0.2, 0.25) is 0 Å². The highest BCUT2D eigenvalue weighted by molar-refractivity contribution is 6.30. The van der Waals surface area contributed by atoms with E-state index in [-0.39, 0.29) is 12.4 Å². The molecule has 0 aliphatic carbocycles. The van der Waals surface area contributed by atoms with E-state index in [0.29, 0.717) is 11.6 Å². The van der Waals surface area contributed by atoms with E-state index in [4.69, 9.17) is 26.8 Å². The van der Waals surface area contributed by atoms with E-state index < -0.39 is 6.04 Å². The fraction of sp³-hybridized carbons (Fsp3) is 0.278. The van der Waals surface area contributed by atoms with Crippen molar-refractivity contribution in [3.05, 3.63) is 53.1 Å². The van der Waals surface area contributed by atoms with Crippen LogP contribution >= 0.6 is 11.6 Å². The van der Waals surface area contributed by atoms with Gasteiger partial charge in [0.05, 0.1) is 20.1 Å². The van der Waals surface area contributed by atoms with Crippen molar-refractivity contribution < 1.29 is 14.3 Å². The molecule has 0 fully saturated rings. The summed E-state index contributed by atoms with van der Waals surface area (Å²) in [5.74, 6) is 0.416. The molecule has 0 spiro atoms. The van der Waals surface area contributed by atoms with Gasteiger partial charge in [-0.05, 0) is 42.3 Å². The number of nitrogens with two attached hydrogens (primary N) is 1. The van der Waals surface area contributed by atoms with Gasteiger partial charge in [-0.15, -0.1) is 0 Å². The lowest BCUT2D eigenvalue weighted by atomic mass is 9.97. The second-order valence-electron chi connectivity index (χ2n) is 5.09. The monoisotopic (exact) mass is 333 g/mol. The zero-order chi connectivity index (χ0) is 16.8. The highest BCUT2D eigenvalue weighted by Crippen LogP contribution is 2.33. The highest BCUT2D eigenvalue weighted by atomic mass is 35.5. The molecule has 2 aromatic carbocycles. The van der Waals surface area contributed by atoms with Crippen molar-refractivity contribution in [3.63, 3.8) is 0 Å². The van der Waals surface area contributed by atoms with Crippen LogP contribution in [0.15, 0.2) is 42.5 Å². The van der Waals surface area contributed by atoms with Crippen LogP contribution in [0.2, 0.25) is 5.02 Å². The van der Waals surface area contributed by atoms with E-state index in [2.05, 4.69) is 0 Å². The number of rotatable bonds is 6. The fourth-order valence-corrected chi connectivity index (χ4v) is 2.55. The number of benzene rings is 2. The largest absolute Gasteiger partial charge is 0.496 e. The van der Waals surface area contributed by atoms with Gasteiger partial charge in [-0.3, -0.25) is 4.79 Å². The summed E-state index contributed by atoms with van der Waals surface area (Å²) in [7, 11) is 1.61. The molecule has 0 amide bonds. The summed E-state index contributed by atoms with van der Waals surface area (Å²) >= 11 is 6.07. The lowest BCUT2D eigenvalue weighted by Crippen LogP contribution is -2.17. The van der Waals surface area contributed by atoms with Crippen molar-refractivity contribution in [2.24, 2.45) is 5.73 Å². The molecule has 0 saturated carbocycles. The number of carbonyl (C=O) groups is 1. The Morgan fingerprint density at radius 3 is 2.70 bits per heavy atom.